The lowest BCUT2D eigenvalue weighted by atomic mass is 10.2. The molecule has 0 atom stereocenters. The third-order valence-electron chi connectivity index (χ3n) is 3.54. The number of carbonyl (C=O) groups is 1. The Bertz CT molecular complexity index is 1010. The predicted molar refractivity (Wildman–Crippen MR) is 85.8 cm³/mol. The Morgan fingerprint density at radius 1 is 1.22 bits per heavy atom. The highest BCUT2D eigenvalue weighted by molar-refractivity contribution is 7.89. The highest BCUT2D eigenvalue weighted by atomic mass is 32.2. The molecule has 0 saturated heterocycles. The van der Waals surface area contributed by atoms with Crippen LogP contribution < -0.4 is 10.5 Å². The molecule has 2 aromatic heterocycles. The van der Waals surface area contributed by atoms with Gasteiger partial charge < -0.3 is 10.2 Å². The van der Waals surface area contributed by atoms with Crippen molar-refractivity contribution in [3.05, 3.63) is 47.9 Å². The number of aryl methyl sites for hydroxylation is 1. The van der Waals surface area contributed by atoms with Gasteiger partial charge in [0.15, 0.2) is 5.76 Å². The van der Waals surface area contributed by atoms with Crippen molar-refractivity contribution in [2.45, 2.75) is 12.0 Å². The first-order chi connectivity index (χ1) is 10.8. The van der Waals surface area contributed by atoms with Crippen LogP contribution in [-0.2, 0) is 10.0 Å². The zero-order valence-corrected chi connectivity index (χ0v) is 13.3. The van der Waals surface area contributed by atoms with Crippen LogP contribution in [0.5, 0.6) is 0 Å². The first-order valence-corrected chi connectivity index (χ1v) is 8.27. The number of hydrogen-bond donors (Lipinski definition) is 2. The molecule has 3 rings (SSSR count). The molecule has 0 radical (unpaired) electrons. The zero-order chi connectivity index (χ0) is 16.8. The van der Waals surface area contributed by atoms with Gasteiger partial charge in [0.2, 0.25) is 5.09 Å². The van der Waals surface area contributed by atoms with E-state index in [1.54, 1.807) is 25.1 Å². The molecule has 120 valence electrons. The van der Waals surface area contributed by atoms with E-state index in [1.165, 1.54) is 23.7 Å². The van der Waals surface area contributed by atoms with Crippen molar-refractivity contribution >= 4 is 32.5 Å². The molecule has 0 bridgehead atoms. The Kier molecular flexibility index (Phi) is 3.50. The van der Waals surface area contributed by atoms with E-state index in [0.29, 0.717) is 16.9 Å². The van der Waals surface area contributed by atoms with Crippen LogP contribution in [0.2, 0.25) is 0 Å². The van der Waals surface area contributed by atoms with E-state index in [-0.39, 0.29) is 10.9 Å². The lowest BCUT2D eigenvalue weighted by Gasteiger charge is -2.05. The van der Waals surface area contributed by atoms with Gasteiger partial charge in [-0.05, 0) is 50.4 Å². The summed E-state index contributed by atoms with van der Waals surface area (Å²) in [6.07, 6.45) is 0. The number of hydrogen-bond acceptors (Lipinski definition) is 5. The number of carbonyl (C=O) groups excluding carboxylic acids is 1. The van der Waals surface area contributed by atoms with Crippen molar-refractivity contribution in [3.63, 3.8) is 0 Å². The van der Waals surface area contributed by atoms with Crippen molar-refractivity contribution in [2.75, 3.05) is 12.8 Å². The van der Waals surface area contributed by atoms with Crippen molar-refractivity contribution in [2.24, 2.45) is 0 Å². The maximum Gasteiger partial charge on any atom is 0.298 e. The second-order valence-corrected chi connectivity index (χ2v) is 6.89. The van der Waals surface area contributed by atoms with Gasteiger partial charge in [-0.3, -0.25) is 9.36 Å². The van der Waals surface area contributed by atoms with Crippen molar-refractivity contribution in [1.82, 2.24) is 9.29 Å². The van der Waals surface area contributed by atoms with Gasteiger partial charge in [-0.2, -0.15) is 0 Å². The number of benzene rings is 1. The zero-order valence-electron chi connectivity index (χ0n) is 12.5. The average Bonchev–Trinajstić information content (AvgIpc) is 3.10. The molecule has 0 spiro atoms. The van der Waals surface area contributed by atoms with E-state index in [9.17, 15) is 13.2 Å². The summed E-state index contributed by atoms with van der Waals surface area (Å²) in [5, 5.41) is 0.521. The Hall–Kier alpha value is -2.58. The number of nitrogens with two attached hydrogens (primary N) is 1. The molecule has 1 aromatic carbocycles. The second-order valence-electron chi connectivity index (χ2n) is 5.07. The smallest absolute Gasteiger partial charge is 0.298 e. The van der Waals surface area contributed by atoms with E-state index < -0.39 is 15.9 Å². The number of aromatic nitrogens is 1. The Morgan fingerprint density at radius 3 is 2.65 bits per heavy atom. The van der Waals surface area contributed by atoms with Crippen LogP contribution in [0.15, 0.2) is 45.9 Å². The number of anilines is 1. The van der Waals surface area contributed by atoms with E-state index in [2.05, 4.69) is 4.72 Å². The van der Waals surface area contributed by atoms with Gasteiger partial charge >= 0.3 is 0 Å². The molecule has 7 nitrogen and oxygen atoms in total. The van der Waals surface area contributed by atoms with Gasteiger partial charge in [-0.1, -0.05) is 0 Å². The quantitative estimate of drug-likeness (QED) is 0.710. The van der Waals surface area contributed by atoms with Gasteiger partial charge in [-0.25, -0.2) is 13.1 Å². The first-order valence-electron chi connectivity index (χ1n) is 6.79. The fourth-order valence-corrected chi connectivity index (χ4v) is 3.08. The molecule has 0 fully saturated rings. The standard InChI is InChI=1S/C15H15N3O4S/c1-9-7-10-8-11(16)3-4-12(10)18(9)15(19)13-5-6-14(22-13)23(20,21)17-2/h3-8,17H,16H2,1-2H3. The number of fused-ring (bicyclic) bond motifs is 1. The normalized spacial score (nSPS) is 11.9. The van der Waals surface area contributed by atoms with Gasteiger partial charge in [0, 0.05) is 16.8 Å². The monoisotopic (exact) mass is 333 g/mol. The third-order valence-corrected chi connectivity index (χ3v) is 4.82. The van der Waals surface area contributed by atoms with Crippen LogP contribution in [0.4, 0.5) is 5.69 Å². The molecule has 0 unspecified atom stereocenters. The van der Waals surface area contributed by atoms with Gasteiger partial charge in [0.1, 0.15) is 0 Å². The van der Waals surface area contributed by atoms with Gasteiger partial charge in [-0.15, -0.1) is 0 Å². The highest BCUT2D eigenvalue weighted by Crippen LogP contribution is 2.24. The topological polar surface area (TPSA) is 107 Å². The molecule has 0 amide bonds. The molecular weight excluding hydrogens is 318 g/mol. The first kappa shape index (κ1) is 15.3. The minimum Gasteiger partial charge on any atom is -0.438 e. The number of rotatable bonds is 3. The fourth-order valence-electron chi connectivity index (χ4n) is 2.43. The van der Waals surface area contributed by atoms with E-state index in [0.717, 1.165) is 5.39 Å². The predicted octanol–water partition coefficient (Wildman–Crippen LogP) is 1.72. The Labute approximate surface area is 132 Å². The lowest BCUT2D eigenvalue weighted by Crippen LogP contribution is -2.18. The summed E-state index contributed by atoms with van der Waals surface area (Å²) >= 11 is 0. The molecule has 23 heavy (non-hydrogen) atoms. The second kappa shape index (κ2) is 5.25. The summed E-state index contributed by atoms with van der Waals surface area (Å²) in [5.41, 5.74) is 7.73. The molecule has 0 aliphatic carbocycles. The number of furan rings is 1. The summed E-state index contributed by atoms with van der Waals surface area (Å²) in [4.78, 5) is 12.7. The Morgan fingerprint density at radius 2 is 1.96 bits per heavy atom. The fraction of sp³-hybridized carbons (Fsp3) is 0.133. The maximum absolute atomic E-state index is 12.7. The van der Waals surface area contributed by atoms with Crippen LogP contribution in [-0.4, -0.2) is 25.9 Å². The summed E-state index contributed by atoms with van der Waals surface area (Å²) in [6, 6.07) is 9.63. The van der Waals surface area contributed by atoms with Crippen molar-refractivity contribution in [3.8, 4) is 0 Å². The van der Waals surface area contributed by atoms with Crippen molar-refractivity contribution < 1.29 is 17.6 Å². The summed E-state index contributed by atoms with van der Waals surface area (Å²) in [6.45, 7) is 1.78. The molecule has 3 N–H and O–H groups in total. The molecule has 0 saturated carbocycles. The van der Waals surface area contributed by atoms with Crippen LogP contribution in [0.25, 0.3) is 10.9 Å². The van der Waals surface area contributed by atoms with Crippen LogP contribution >= 0.6 is 0 Å². The highest BCUT2D eigenvalue weighted by Gasteiger charge is 2.22. The maximum atomic E-state index is 12.7. The Balaban J connectivity index is 2.10. The number of nitrogens with zero attached hydrogens (tertiary/aromatic N) is 1. The van der Waals surface area contributed by atoms with E-state index >= 15 is 0 Å². The summed E-state index contributed by atoms with van der Waals surface area (Å²) in [5.74, 6) is -0.504. The minimum atomic E-state index is -3.73. The van der Waals surface area contributed by atoms with Crippen molar-refractivity contribution in [1.29, 1.82) is 0 Å². The van der Waals surface area contributed by atoms with Gasteiger partial charge in [0.05, 0.1) is 5.52 Å². The molecule has 0 aliphatic rings. The molecule has 8 heteroatoms. The SMILES string of the molecule is CNS(=O)(=O)c1ccc(C(=O)n2c(C)cc3cc(N)ccc32)o1. The van der Waals surface area contributed by atoms with E-state index in [4.69, 9.17) is 10.2 Å². The number of nitrogens with one attached hydrogen (secondary N) is 1. The number of sulfonamides is 1. The largest absolute Gasteiger partial charge is 0.438 e. The molecule has 2 heterocycles. The summed E-state index contributed by atoms with van der Waals surface area (Å²) in [7, 11) is -2.46. The van der Waals surface area contributed by atoms with Crippen LogP contribution in [0.1, 0.15) is 16.2 Å². The molecule has 3 aromatic rings. The van der Waals surface area contributed by atoms with Gasteiger partial charge in [0.25, 0.3) is 15.9 Å². The minimum absolute atomic E-state index is 0.0590. The molecule has 0 aliphatic heterocycles. The average molecular weight is 333 g/mol. The molecular formula is C15H15N3O4S. The number of nitrogen functional groups attached to an aromatic ring is 1. The van der Waals surface area contributed by atoms with Crippen LogP contribution in [0.3, 0.4) is 0 Å². The summed E-state index contributed by atoms with van der Waals surface area (Å²) < 4.78 is 32.2. The van der Waals surface area contributed by atoms with Crippen LogP contribution in [0, 0.1) is 6.92 Å². The lowest BCUT2D eigenvalue weighted by molar-refractivity contribution is 0.0930. The third kappa shape index (κ3) is 2.51. The van der Waals surface area contributed by atoms with E-state index in [1.807, 2.05) is 6.07 Å².